The molecule has 0 radical (unpaired) electrons. The number of piperazine rings is 1. The van der Waals surface area contributed by atoms with Crippen molar-refractivity contribution in [3.63, 3.8) is 0 Å². The van der Waals surface area contributed by atoms with Crippen molar-refractivity contribution in [2.75, 3.05) is 13.1 Å². The number of nitrogens with one attached hydrogen (secondary N) is 1. The Morgan fingerprint density at radius 2 is 2.07 bits per heavy atom. The van der Waals surface area contributed by atoms with Crippen LogP contribution in [0, 0.1) is 6.92 Å². The molecule has 5 heteroatoms. The van der Waals surface area contributed by atoms with Gasteiger partial charge in [0.25, 0.3) is 0 Å². The molecule has 5 nitrogen and oxygen atoms in total. The molecule has 84 valence electrons. The second-order valence-electron chi connectivity index (χ2n) is 4.39. The van der Waals surface area contributed by atoms with E-state index >= 15 is 0 Å². The lowest BCUT2D eigenvalue weighted by Crippen LogP contribution is -2.53. The van der Waals surface area contributed by atoms with Crippen molar-refractivity contribution >= 4 is 0 Å². The van der Waals surface area contributed by atoms with E-state index < -0.39 is 0 Å². The van der Waals surface area contributed by atoms with Crippen LogP contribution >= 0.6 is 0 Å². The molecule has 1 fully saturated rings. The Bertz CT molecular complexity index is 315. The Balaban J connectivity index is 1.94. The summed E-state index contributed by atoms with van der Waals surface area (Å²) in [6.45, 7) is 9.08. The van der Waals surface area contributed by atoms with E-state index in [2.05, 4.69) is 34.2 Å². The van der Waals surface area contributed by atoms with E-state index in [1.807, 2.05) is 6.92 Å². The number of hydrogen-bond acceptors (Lipinski definition) is 5. The molecule has 2 unspecified atom stereocenters. The van der Waals surface area contributed by atoms with Gasteiger partial charge in [0.15, 0.2) is 5.82 Å². The number of rotatable bonds is 2. The molecular weight excluding hydrogens is 192 g/mol. The van der Waals surface area contributed by atoms with E-state index in [0.717, 1.165) is 25.5 Å². The van der Waals surface area contributed by atoms with Crippen LogP contribution in [-0.4, -0.2) is 40.2 Å². The van der Waals surface area contributed by atoms with Gasteiger partial charge in [-0.15, -0.1) is 0 Å². The minimum Gasteiger partial charge on any atom is -0.340 e. The van der Waals surface area contributed by atoms with Crippen LogP contribution in [0.5, 0.6) is 0 Å². The molecule has 0 spiro atoms. The van der Waals surface area contributed by atoms with Gasteiger partial charge in [-0.25, -0.2) is 0 Å². The molecule has 1 aliphatic heterocycles. The zero-order chi connectivity index (χ0) is 10.8. The van der Waals surface area contributed by atoms with Gasteiger partial charge in [-0.2, -0.15) is 4.98 Å². The molecule has 1 aromatic rings. The van der Waals surface area contributed by atoms with E-state index in [1.54, 1.807) is 0 Å². The van der Waals surface area contributed by atoms with Gasteiger partial charge in [0.05, 0.1) is 6.54 Å². The van der Waals surface area contributed by atoms with E-state index in [-0.39, 0.29) is 0 Å². The Kier molecular flexibility index (Phi) is 3.02. The monoisotopic (exact) mass is 210 g/mol. The van der Waals surface area contributed by atoms with E-state index in [9.17, 15) is 0 Å². The lowest BCUT2D eigenvalue weighted by Gasteiger charge is -2.35. The van der Waals surface area contributed by atoms with Crippen LogP contribution in [0.1, 0.15) is 25.6 Å². The molecule has 15 heavy (non-hydrogen) atoms. The Labute approximate surface area is 89.8 Å². The maximum Gasteiger partial charge on any atom is 0.223 e. The first-order valence-electron chi connectivity index (χ1n) is 5.41. The largest absolute Gasteiger partial charge is 0.340 e. The second-order valence-corrected chi connectivity index (χ2v) is 4.39. The van der Waals surface area contributed by atoms with Gasteiger partial charge in [-0.1, -0.05) is 5.16 Å². The third-order valence-electron chi connectivity index (χ3n) is 2.57. The summed E-state index contributed by atoms with van der Waals surface area (Å²) in [4.78, 5) is 6.57. The zero-order valence-electron chi connectivity index (χ0n) is 9.53. The number of nitrogens with zero attached hydrogens (tertiary/aromatic N) is 3. The maximum atomic E-state index is 4.96. The van der Waals surface area contributed by atoms with Crippen molar-refractivity contribution in [2.24, 2.45) is 0 Å². The molecule has 0 aliphatic carbocycles. The van der Waals surface area contributed by atoms with Crippen molar-refractivity contribution in [2.45, 2.75) is 39.4 Å². The van der Waals surface area contributed by atoms with Crippen molar-refractivity contribution in [3.8, 4) is 0 Å². The van der Waals surface area contributed by atoms with Gasteiger partial charge < -0.3 is 9.84 Å². The van der Waals surface area contributed by atoms with Gasteiger partial charge in [-0.05, 0) is 13.8 Å². The fourth-order valence-electron chi connectivity index (χ4n) is 2.17. The highest BCUT2D eigenvalue weighted by Gasteiger charge is 2.21. The Hall–Kier alpha value is -0.940. The van der Waals surface area contributed by atoms with Gasteiger partial charge in [0.2, 0.25) is 5.89 Å². The molecule has 2 heterocycles. The average Bonchev–Trinajstić information content (AvgIpc) is 2.49. The van der Waals surface area contributed by atoms with E-state index in [1.165, 1.54) is 0 Å². The van der Waals surface area contributed by atoms with Gasteiger partial charge >= 0.3 is 0 Å². The van der Waals surface area contributed by atoms with Crippen LogP contribution in [0.2, 0.25) is 0 Å². The molecular formula is C10H18N4O. The van der Waals surface area contributed by atoms with Crippen LogP contribution in [0.4, 0.5) is 0 Å². The molecule has 2 rings (SSSR count). The normalized spacial score (nSPS) is 28.2. The molecule has 1 aromatic heterocycles. The molecule has 2 atom stereocenters. The number of aryl methyl sites for hydroxylation is 1. The molecule has 1 saturated heterocycles. The lowest BCUT2D eigenvalue weighted by atomic mass is 10.1. The van der Waals surface area contributed by atoms with Crippen LogP contribution in [0.25, 0.3) is 0 Å². The van der Waals surface area contributed by atoms with Crippen molar-refractivity contribution in [3.05, 3.63) is 11.7 Å². The van der Waals surface area contributed by atoms with Gasteiger partial charge in [0, 0.05) is 32.1 Å². The van der Waals surface area contributed by atoms with Crippen molar-refractivity contribution < 1.29 is 4.52 Å². The predicted octanol–water partition coefficient (Wildman–Crippen LogP) is 0.560. The molecule has 1 aliphatic rings. The van der Waals surface area contributed by atoms with Crippen LogP contribution in [0.3, 0.4) is 0 Å². The third-order valence-corrected chi connectivity index (χ3v) is 2.57. The highest BCUT2D eigenvalue weighted by atomic mass is 16.5. The summed E-state index contributed by atoms with van der Waals surface area (Å²) in [6.07, 6.45) is 0. The Morgan fingerprint density at radius 1 is 1.40 bits per heavy atom. The highest BCUT2D eigenvalue weighted by molar-refractivity contribution is 4.88. The van der Waals surface area contributed by atoms with E-state index in [4.69, 9.17) is 4.52 Å². The van der Waals surface area contributed by atoms with Crippen molar-refractivity contribution in [1.29, 1.82) is 0 Å². The predicted molar refractivity (Wildman–Crippen MR) is 56.4 cm³/mol. The summed E-state index contributed by atoms with van der Waals surface area (Å²) in [6, 6.07) is 1.06. The van der Waals surface area contributed by atoms with Crippen molar-refractivity contribution in [1.82, 2.24) is 20.4 Å². The first kappa shape index (κ1) is 10.6. The van der Waals surface area contributed by atoms with Crippen LogP contribution in [0.15, 0.2) is 4.52 Å². The van der Waals surface area contributed by atoms with Gasteiger partial charge in [-0.3, -0.25) is 4.90 Å². The minimum atomic E-state index is 0.529. The van der Waals surface area contributed by atoms with Gasteiger partial charge in [0.1, 0.15) is 0 Å². The summed E-state index contributed by atoms with van der Waals surface area (Å²) in [5.41, 5.74) is 0. The second kappa shape index (κ2) is 4.28. The zero-order valence-corrected chi connectivity index (χ0v) is 9.53. The summed E-state index contributed by atoms with van der Waals surface area (Å²) in [5, 5.41) is 7.41. The third kappa shape index (κ3) is 2.76. The summed E-state index contributed by atoms with van der Waals surface area (Å²) >= 11 is 0. The molecule has 0 saturated carbocycles. The molecule has 0 aromatic carbocycles. The summed E-state index contributed by atoms with van der Waals surface area (Å²) in [7, 11) is 0. The first-order chi connectivity index (χ1) is 7.13. The summed E-state index contributed by atoms with van der Waals surface area (Å²) < 4.78 is 4.96. The molecule has 0 amide bonds. The Morgan fingerprint density at radius 3 is 2.60 bits per heavy atom. The quantitative estimate of drug-likeness (QED) is 0.773. The lowest BCUT2D eigenvalue weighted by molar-refractivity contribution is 0.161. The number of aromatic nitrogens is 2. The topological polar surface area (TPSA) is 54.2 Å². The SMILES string of the molecule is Cc1nc(CN2CC(C)NC(C)C2)no1. The molecule has 0 bridgehead atoms. The number of hydrogen-bond donors (Lipinski definition) is 1. The standard InChI is InChI=1S/C10H18N4O/c1-7-4-14(5-8(2)11-7)6-10-12-9(3)15-13-10/h7-8,11H,4-6H2,1-3H3. The van der Waals surface area contributed by atoms with Crippen LogP contribution in [-0.2, 0) is 6.54 Å². The highest BCUT2D eigenvalue weighted by Crippen LogP contribution is 2.07. The fourth-order valence-corrected chi connectivity index (χ4v) is 2.17. The minimum absolute atomic E-state index is 0.529. The average molecular weight is 210 g/mol. The molecule has 1 N–H and O–H groups in total. The fraction of sp³-hybridized carbons (Fsp3) is 0.800. The maximum absolute atomic E-state index is 4.96. The van der Waals surface area contributed by atoms with Crippen LogP contribution < -0.4 is 5.32 Å². The van der Waals surface area contributed by atoms with E-state index in [0.29, 0.717) is 18.0 Å². The smallest absolute Gasteiger partial charge is 0.223 e. The summed E-state index contributed by atoms with van der Waals surface area (Å²) in [5.74, 6) is 1.43. The first-order valence-corrected chi connectivity index (χ1v) is 5.41.